The van der Waals surface area contributed by atoms with E-state index in [0.29, 0.717) is 30.7 Å². The van der Waals surface area contributed by atoms with Crippen LogP contribution in [-0.2, 0) is 22.4 Å². The minimum atomic E-state index is -0.431. The first-order valence-corrected chi connectivity index (χ1v) is 7.81. The number of hydrogen-bond donors (Lipinski definition) is 2. The van der Waals surface area contributed by atoms with Crippen molar-refractivity contribution in [3.05, 3.63) is 51.4 Å². The molecule has 0 atom stereocenters. The van der Waals surface area contributed by atoms with Gasteiger partial charge in [-0.2, -0.15) is 0 Å². The Bertz CT molecular complexity index is 751. The summed E-state index contributed by atoms with van der Waals surface area (Å²) < 4.78 is 0. The Morgan fingerprint density at radius 1 is 1.45 bits per heavy atom. The summed E-state index contributed by atoms with van der Waals surface area (Å²) in [6.07, 6.45) is 5.04. The van der Waals surface area contributed by atoms with E-state index < -0.39 is 5.91 Å². The van der Waals surface area contributed by atoms with Crippen LogP contribution in [-0.4, -0.2) is 16.8 Å². The second-order valence-corrected chi connectivity index (χ2v) is 6.15. The zero-order chi connectivity index (χ0) is 15.5. The van der Waals surface area contributed by atoms with Crippen molar-refractivity contribution in [2.24, 2.45) is 5.73 Å². The summed E-state index contributed by atoms with van der Waals surface area (Å²) in [6, 6.07) is 5.86. The fraction of sp³-hybridized carbons (Fsp3) is 0.188. The van der Waals surface area contributed by atoms with Crippen molar-refractivity contribution in [3.63, 3.8) is 0 Å². The van der Waals surface area contributed by atoms with Crippen LogP contribution in [0.1, 0.15) is 22.4 Å². The third-order valence-electron chi connectivity index (χ3n) is 3.47. The number of fused-ring (bicyclic) bond motifs is 1. The van der Waals surface area contributed by atoms with Gasteiger partial charge in [0.2, 0.25) is 11.8 Å². The molecule has 0 radical (unpaired) electrons. The monoisotopic (exact) mass is 313 g/mol. The summed E-state index contributed by atoms with van der Waals surface area (Å²) in [5.41, 5.74) is 7.82. The zero-order valence-corrected chi connectivity index (χ0v) is 12.7. The highest BCUT2D eigenvalue weighted by molar-refractivity contribution is 7.09. The van der Waals surface area contributed by atoms with Gasteiger partial charge in [0.15, 0.2) is 0 Å². The maximum atomic E-state index is 11.6. The lowest BCUT2D eigenvalue weighted by Crippen LogP contribution is -2.20. The number of nitrogens with two attached hydrogens (primary N) is 1. The predicted octanol–water partition coefficient (Wildman–Crippen LogP) is 2.14. The number of aryl methyl sites for hydroxylation is 1. The lowest BCUT2D eigenvalue weighted by atomic mass is 10.0. The van der Waals surface area contributed by atoms with Crippen LogP contribution in [0, 0.1) is 0 Å². The zero-order valence-electron chi connectivity index (χ0n) is 11.8. The molecule has 5 nitrogen and oxygen atoms in total. The Labute approximate surface area is 131 Å². The molecule has 3 heterocycles. The number of primary amides is 1. The minimum absolute atomic E-state index is 0.0150. The van der Waals surface area contributed by atoms with Crippen molar-refractivity contribution in [1.82, 2.24) is 4.98 Å². The quantitative estimate of drug-likeness (QED) is 0.848. The Balaban J connectivity index is 1.88. The molecule has 0 aromatic carbocycles. The van der Waals surface area contributed by atoms with E-state index in [0.717, 1.165) is 16.0 Å². The molecule has 0 aliphatic carbocycles. The normalized spacial score (nSPS) is 14.4. The van der Waals surface area contributed by atoms with Crippen LogP contribution < -0.4 is 11.1 Å². The van der Waals surface area contributed by atoms with Crippen LogP contribution in [0.25, 0.3) is 6.08 Å². The van der Waals surface area contributed by atoms with Crippen molar-refractivity contribution in [3.8, 4) is 0 Å². The van der Waals surface area contributed by atoms with Gasteiger partial charge >= 0.3 is 0 Å². The Kier molecular flexibility index (Phi) is 4.02. The molecule has 0 bridgehead atoms. The molecule has 3 rings (SSSR count). The van der Waals surface area contributed by atoms with Crippen LogP contribution in [0.2, 0.25) is 0 Å². The molecule has 1 aliphatic heterocycles. The maximum absolute atomic E-state index is 11.6. The standard InChI is InChI=1S/C16H15N3O2S/c17-15(21)12(8-13-2-1-5-22-13)7-10-6-11-3-4-14(20)19-16(11)18-9-10/h1-2,5-7,9H,3-4,8H2,(H2,17,21)(H,18,19,20)/b12-7-. The molecule has 0 saturated heterocycles. The summed E-state index contributed by atoms with van der Waals surface area (Å²) in [5.74, 6) is 0.158. The first-order valence-electron chi connectivity index (χ1n) is 6.93. The van der Waals surface area contributed by atoms with Gasteiger partial charge in [-0.15, -0.1) is 11.3 Å². The molecule has 2 amide bonds. The van der Waals surface area contributed by atoms with Crippen molar-refractivity contribution in [2.45, 2.75) is 19.3 Å². The molecule has 2 aromatic rings. The number of hydrogen-bond acceptors (Lipinski definition) is 4. The average molecular weight is 313 g/mol. The molecule has 112 valence electrons. The first-order chi connectivity index (χ1) is 10.6. The van der Waals surface area contributed by atoms with Crippen LogP contribution in [0.4, 0.5) is 5.82 Å². The van der Waals surface area contributed by atoms with Gasteiger partial charge in [-0.1, -0.05) is 6.07 Å². The van der Waals surface area contributed by atoms with E-state index in [9.17, 15) is 9.59 Å². The van der Waals surface area contributed by atoms with Crippen LogP contribution in [0.15, 0.2) is 35.3 Å². The van der Waals surface area contributed by atoms with Gasteiger partial charge in [-0.25, -0.2) is 4.98 Å². The number of nitrogens with zero attached hydrogens (tertiary/aromatic N) is 1. The highest BCUT2D eigenvalue weighted by atomic mass is 32.1. The third-order valence-corrected chi connectivity index (χ3v) is 4.35. The molecule has 0 saturated carbocycles. The van der Waals surface area contributed by atoms with E-state index in [1.54, 1.807) is 23.6 Å². The molecule has 0 spiro atoms. The molecule has 0 fully saturated rings. The van der Waals surface area contributed by atoms with Crippen molar-refractivity contribution in [2.75, 3.05) is 5.32 Å². The van der Waals surface area contributed by atoms with Crippen molar-refractivity contribution < 1.29 is 9.59 Å². The Hall–Kier alpha value is -2.47. The number of rotatable bonds is 4. The molecule has 0 unspecified atom stereocenters. The number of thiophene rings is 1. The van der Waals surface area contributed by atoms with Gasteiger partial charge < -0.3 is 11.1 Å². The highest BCUT2D eigenvalue weighted by Crippen LogP contribution is 2.23. The molecule has 2 aromatic heterocycles. The molecular formula is C16H15N3O2S. The van der Waals surface area contributed by atoms with Gasteiger partial charge in [-0.3, -0.25) is 9.59 Å². The molecular weight excluding hydrogens is 298 g/mol. The summed E-state index contributed by atoms with van der Waals surface area (Å²) in [5, 5.41) is 4.71. The van der Waals surface area contributed by atoms with Gasteiger partial charge in [0.1, 0.15) is 5.82 Å². The number of anilines is 1. The second-order valence-electron chi connectivity index (χ2n) is 5.11. The van der Waals surface area contributed by atoms with E-state index >= 15 is 0 Å². The van der Waals surface area contributed by atoms with Crippen molar-refractivity contribution in [1.29, 1.82) is 0 Å². The molecule has 3 N–H and O–H groups in total. The van der Waals surface area contributed by atoms with Gasteiger partial charge in [0.25, 0.3) is 0 Å². The predicted molar refractivity (Wildman–Crippen MR) is 86.4 cm³/mol. The van der Waals surface area contributed by atoms with Gasteiger partial charge in [-0.05, 0) is 41.1 Å². The molecule has 6 heteroatoms. The van der Waals surface area contributed by atoms with E-state index in [-0.39, 0.29) is 5.91 Å². The fourth-order valence-corrected chi connectivity index (χ4v) is 3.09. The van der Waals surface area contributed by atoms with E-state index in [2.05, 4.69) is 10.3 Å². The lowest BCUT2D eigenvalue weighted by molar-refractivity contribution is -0.116. The summed E-state index contributed by atoms with van der Waals surface area (Å²) in [7, 11) is 0. The second kappa shape index (κ2) is 6.11. The summed E-state index contributed by atoms with van der Waals surface area (Å²) in [4.78, 5) is 28.3. The summed E-state index contributed by atoms with van der Waals surface area (Å²) >= 11 is 1.59. The van der Waals surface area contributed by atoms with E-state index in [1.165, 1.54) is 0 Å². The van der Waals surface area contributed by atoms with Crippen molar-refractivity contribution >= 4 is 35.0 Å². The van der Waals surface area contributed by atoms with E-state index in [4.69, 9.17) is 5.73 Å². The number of amides is 2. The number of carbonyl (C=O) groups excluding carboxylic acids is 2. The SMILES string of the molecule is NC(=O)/C(=C\c1cnc2c(c1)CCC(=O)N2)Cc1cccs1. The van der Waals surface area contributed by atoms with E-state index in [1.807, 2.05) is 23.6 Å². The molecule has 1 aliphatic rings. The first kappa shape index (κ1) is 14.5. The number of carbonyl (C=O) groups is 2. The Morgan fingerprint density at radius 2 is 2.32 bits per heavy atom. The van der Waals surface area contributed by atoms with Gasteiger partial charge in [0, 0.05) is 29.5 Å². The molecule has 22 heavy (non-hydrogen) atoms. The number of aromatic nitrogens is 1. The average Bonchev–Trinajstić information content (AvgIpc) is 2.99. The fourth-order valence-electron chi connectivity index (χ4n) is 2.36. The number of pyridine rings is 1. The summed E-state index contributed by atoms with van der Waals surface area (Å²) in [6.45, 7) is 0. The largest absolute Gasteiger partial charge is 0.366 e. The van der Waals surface area contributed by atoms with Crippen LogP contribution >= 0.6 is 11.3 Å². The third kappa shape index (κ3) is 3.23. The van der Waals surface area contributed by atoms with Gasteiger partial charge in [0.05, 0.1) is 0 Å². The topological polar surface area (TPSA) is 85.1 Å². The Morgan fingerprint density at radius 3 is 3.05 bits per heavy atom. The highest BCUT2D eigenvalue weighted by Gasteiger charge is 2.16. The maximum Gasteiger partial charge on any atom is 0.245 e. The minimum Gasteiger partial charge on any atom is -0.366 e. The van der Waals surface area contributed by atoms with Crippen LogP contribution in [0.5, 0.6) is 0 Å². The smallest absolute Gasteiger partial charge is 0.245 e. The number of nitrogens with one attached hydrogen (secondary N) is 1. The lowest BCUT2D eigenvalue weighted by Gasteiger charge is -2.15. The van der Waals surface area contributed by atoms with Crippen LogP contribution in [0.3, 0.4) is 0 Å².